The molecule has 0 fully saturated rings. The first-order chi connectivity index (χ1) is 16.9. The van der Waals surface area contributed by atoms with Crippen LogP contribution in [-0.2, 0) is 9.53 Å². The second kappa shape index (κ2) is 10.3. The van der Waals surface area contributed by atoms with Gasteiger partial charge in [0.05, 0.1) is 25.0 Å². The maximum atomic E-state index is 12.7. The number of fused-ring (bicyclic) bond motifs is 3. The number of benzene rings is 3. The number of aliphatic hydroxyl groups is 1. The highest BCUT2D eigenvalue weighted by Gasteiger charge is 2.29. The molecule has 35 heavy (non-hydrogen) atoms. The van der Waals surface area contributed by atoms with Crippen LogP contribution in [0.4, 0.5) is 10.5 Å². The maximum Gasteiger partial charge on any atom is 0.411 e. The summed E-state index contributed by atoms with van der Waals surface area (Å²) in [7, 11) is 1.43. The number of anilines is 1. The van der Waals surface area contributed by atoms with Crippen LogP contribution in [0.3, 0.4) is 0 Å². The molecular formula is C26H24N2O7. The number of carbonyl (C=O) groups excluding carboxylic acids is 2. The number of aliphatic hydroxyl groups excluding tert-OH is 1. The van der Waals surface area contributed by atoms with Gasteiger partial charge in [-0.1, -0.05) is 48.5 Å². The molecule has 0 aliphatic heterocycles. The number of hydrogen-bond acceptors (Lipinski definition) is 6. The van der Waals surface area contributed by atoms with Gasteiger partial charge < -0.3 is 25.0 Å². The van der Waals surface area contributed by atoms with E-state index in [4.69, 9.17) is 14.6 Å². The monoisotopic (exact) mass is 476 g/mol. The Morgan fingerprint density at radius 1 is 0.971 bits per heavy atom. The Morgan fingerprint density at radius 2 is 1.60 bits per heavy atom. The first-order valence-corrected chi connectivity index (χ1v) is 10.9. The SMILES string of the molecule is COc1ccc(C(=O)N[C@H](CO)C(=O)O)c(NC(=O)OCC2c3ccccc3-c3ccccc32)c1. The minimum atomic E-state index is -1.49. The highest BCUT2D eigenvalue weighted by Crippen LogP contribution is 2.44. The lowest BCUT2D eigenvalue weighted by Crippen LogP contribution is -2.43. The highest BCUT2D eigenvalue weighted by atomic mass is 16.5. The lowest BCUT2D eigenvalue weighted by Gasteiger charge is -2.17. The van der Waals surface area contributed by atoms with Gasteiger partial charge in [0.15, 0.2) is 6.04 Å². The molecule has 0 bridgehead atoms. The van der Waals surface area contributed by atoms with Crippen LogP contribution < -0.4 is 15.4 Å². The van der Waals surface area contributed by atoms with E-state index >= 15 is 0 Å². The number of rotatable bonds is 8. The van der Waals surface area contributed by atoms with Crippen molar-refractivity contribution >= 4 is 23.7 Å². The quantitative estimate of drug-likeness (QED) is 0.392. The summed E-state index contributed by atoms with van der Waals surface area (Å²) in [6.07, 6.45) is -0.786. The van der Waals surface area contributed by atoms with Crippen molar-refractivity contribution in [2.24, 2.45) is 0 Å². The zero-order valence-electron chi connectivity index (χ0n) is 18.9. The van der Waals surface area contributed by atoms with Crippen molar-refractivity contribution in [3.8, 4) is 16.9 Å². The van der Waals surface area contributed by atoms with Gasteiger partial charge in [0.1, 0.15) is 12.4 Å². The molecule has 4 N–H and O–H groups in total. The van der Waals surface area contributed by atoms with Gasteiger partial charge in [-0.3, -0.25) is 10.1 Å². The summed E-state index contributed by atoms with van der Waals surface area (Å²) < 4.78 is 10.7. The van der Waals surface area contributed by atoms with Crippen molar-refractivity contribution in [2.45, 2.75) is 12.0 Å². The maximum absolute atomic E-state index is 12.7. The molecule has 1 atom stereocenters. The first-order valence-electron chi connectivity index (χ1n) is 10.9. The summed E-state index contributed by atoms with van der Waals surface area (Å²) in [5.74, 6) is -1.95. The predicted molar refractivity (Wildman–Crippen MR) is 128 cm³/mol. The number of carboxylic acid groups (broad SMARTS) is 1. The van der Waals surface area contributed by atoms with Gasteiger partial charge in [-0.05, 0) is 34.4 Å². The van der Waals surface area contributed by atoms with Crippen LogP contribution in [0.2, 0.25) is 0 Å². The third-order valence-electron chi connectivity index (χ3n) is 5.84. The fraction of sp³-hybridized carbons (Fsp3) is 0.192. The van der Waals surface area contributed by atoms with Crippen molar-refractivity contribution in [1.29, 1.82) is 0 Å². The number of methoxy groups -OCH3 is 1. The molecule has 0 spiro atoms. The Bertz CT molecular complexity index is 1230. The first kappa shape index (κ1) is 23.8. The molecule has 180 valence electrons. The molecule has 0 radical (unpaired) electrons. The van der Waals surface area contributed by atoms with E-state index in [-0.39, 0.29) is 23.8 Å². The molecule has 1 aliphatic rings. The molecule has 0 saturated carbocycles. The van der Waals surface area contributed by atoms with E-state index in [2.05, 4.69) is 10.6 Å². The van der Waals surface area contributed by atoms with Gasteiger partial charge in [-0.25, -0.2) is 9.59 Å². The third kappa shape index (κ3) is 4.95. The van der Waals surface area contributed by atoms with E-state index in [1.165, 1.54) is 25.3 Å². The summed E-state index contributed by atoms with van der Waals surface area (Å²) in [5.41, 5.74) is 4.37. The average molecular weight is 476 g/mol. The van der Waals surface area contributed by atoms with Crippen molar-refractivity contribution in [3.05, 3.63) is 83.4 Å². The molecule has 9 nitrogen and oxygen atoms in total. The van der Waals surface area contributed by atoms with Crippen LogP contribution in [0, 0.1) is 0 Å². The summed E-state index contributed by atoms with van der Waals surface area (Å²) in [5, 5.41) is 23.0. The Labute approximate surface area is 201 Å². The van der Waals surface area contributed by atoms with Crippen LogP contribution in [0.5, 0.6) is 5.75 Å². The van der Waals surface area contributed by atoms with Crippen LogP contribution in [0.25, 0.3) is 11.1 Å². The van der Waals surface area contributed by atoms with Crippen LogP contribution >= 0.6 is 0 Å². The summed E-state index contributed by atoms with van der Waals surface area (Å²) in [4.78, 5) is 36.5. The number of carbonyl (C=O) groups is 3. The molecule has 0 unspecified atom stereocenters. The Kier molecular flexibility index (Phi) is 6.98. The van der Waals surface area contributed by atoms with Crippen molar-refractivity contribution in [2.75, 3.05) is 25.6 Å². The van der Waals surface area contributed by atoms with E-state index in [9.17, 15) is 19.5 Å². The molecule has 0 saturated heterocycles. The number of amides is 2. The largest absolute Gasteiger partial charge is 0.497 e. The summed E-state index contributed by atoms with van der Waals surface area (Å²) in [6, 6.07) is 18.7. The van der Waals surface area contributed by atoms with E-state index in [0.29, 0.717) is 5.75 Å². The van der Waals surface area contributed by atoms with Crippen LogP contribution in [-0.4, -0.2) is 54.5 Å². The molecule has 0 aromatic heterocycles. The van der Waals surface area contributed by atoms with Gasteiger partial charge >= 0.3 is 12.1 Å². The Hall–Kier alpha value is -4.37. The van der Waals surface area contributed by atoms with Crippen molar-refractivity contribution < 1.29 is 34.1 Å². The smallest absolute Gasteiger partial charge is 0.411 e. The normalized spacial score (nSPS) is 12.7. The number of nitrogens with one attached hydrogen (secondary N) is 2. The molecule has 1 aliphatic carbocycles. The third-order valence-corrected chi connectivity index (χ3v) is 5.84. The second-order valence-corrected chi connectivity index (χ2v) is 7.91. The predicted octanol–water partition coefficient (Wildman–Crippen LogP) is 3.23. The molecule has 3 aromatic rings. The van der Waals surface area contributed by atoms with Gasteiger partial charge in [0.25, 0.3) is 5.91 Å². The van der Waals surface area contributed by atoms with E-state index < -0.39 is 30.6 Å². The Morgan fingerprint density at radius 3 is 2.17 bits per heavy atom. The fourth-order valence-electron chi connectivity index (χ4n) is 4.12. The number of hydrogen-bond donors (Lipinski definition) is 4. The zero-order valence-corrected chi connectivity index (χ0v) is 18.9. The highest BCUT2D eigenvalue weighted by molar-refractivity contribution is 6.04. The number of aliphatic carboxylic acids is 1. The van der Waals surface area contributed by atoms with Gasteiger partial charge in [-0.15, -0.1) is 0 Å². The molecule has 9 heteroatoms. The van der Waals surface area contributed by atoms with Crippen molar-refractivity contribution in [1.82, 2.24) is 5.32 Å². The minimum Gasteiger partial charge on any atom is -0.497 e. The molecular weight excluding hydrogens is 452 g/mol. The van der Waals surface area contributed by atoms with E-state index in [0.717, 1.165) is 22.3 Å². The molecule has 2 amide bonds. The topological polar surface area (TPSA) is 134 Å². The molecule has 0 heterocycles. The fourth-order valence-corrected chi connectivity index (χ4v) is 4.12. The number of carboxylic acids is 1. The standard InChI is InChI=1S/C26H24N2O7/c1-34-15-10-11-20(24(30)27-23(13-29)25(31)32)22(12-15)28-26(33)35-14-21-18-8-4-2-6-16(18)17-7-3-5-9-19(17)21/h2-12,21,23,29H,13-14H2,1H3,(H,27,30)(H,28,33)(H,31,32)/t23-/m1/s1. The van der Waals surface area contributed by atoms with Gasteiger partial charge in [0, 0.05) is 12.0 Å². The summed E-state index contributed by atoms with van der Waals surface area (Å²) in [6.45, 7) is -0.705. The Balaban J connectivity index is 1.50. The lowest BCUT2D eigenvalue weighted by molar-refractivity contribution is -0.140. The van der Waals surface area contributed by atoms with E-state index in [1.807, 2.05) is 48.5 Å². The van der Waals surface area contributed by atoms with Crippen LogP contribution in [0.1, 0.15) is 27.4 Å². The van der Waals surface area contributed by atoms with Gasteiger partial charge in [-0.2, -0.15) is 0 Å². The minimum absolute atomic E-state index is 0.0148. The van der Waals surface area contributed by atoms with E-state index in [1.54, 1.807) is 0 Å². The second-order valence-electron chi connectivity index (χ2n) is 7.91. The molecule has 4 rings (SSSR count). The van der Waals surface area contributed by atoms with Crippen LogP contribution in [0.15, 0.2) is 66.7 Å². The molecule has 3 aromatic carbocycles. The lowest BCUT2D eigenvalue weighted by atomic mass is 9.98. The number of ether oxygens (including phenoxy) is 2. The summed E-state index contributed by atoms with van der Waals surface area (Å²) >= 11 is 0. The average Bonchev–Trinajstić information content (AvgIpc) is 3.19. The van der Waals surface area contributed by atoms with Crippen molar-refractivity contribution in [3.63, 3.8) is 0 Å². The zero-order chi connectivity index (χ0) is 24.9. The van der Waals surface area contributed by atoms with Gasteiger partial charge in [0.2, 0.25) is 0 Å².